The molecule has 78 valence electrons. The van der Waals surface area contributed by atoms with Crippen molar-refractivity contribution in [1.82, 2.24) is 0 Å². The highest BCUT2D eigenvalue weighted by Crippen LogP contribution is 2.15. The first-order chi connectivity index (χ1) is 6.69. The van der Waals surface area contributed by atoms with Crippen LogP contribution in [0.1, 0.15) is 13.3 Å². The molecule has 0 saturated carbocycles. The molecular formula is C9H12O5. The van der Waals surface area contributed by atoms with Gasteiger partial charge in [0.1, 0.15) is 11.8 Å². The summed E-state index contributed by atoms with van der Waals surface area (Å²) in [7, 11) is 1.21. The lowest BCUT2D eigenvalue weighted by Gasteiger charge is -2.20. The van der Waals surface area contributed by atoms with Gasteiger partial charge in [-0.05, 0) is 6.92 Å². The van der Waals surface area contributed by atoms with E-state index in [0.29, 0.717) is 6.61 Å². The number of esters is 1. The molecule has 0 aliphatic carbocycles. The summed E-state index contributed by atoms with van der Waals surface area (Å²) in [5.74, 6) is -0.994. The van der Waals surface area contributed by atoms with Gasteiger partial charge in [-0.1, -0.05) is 0 Å². The number of hydrogen-bond donors (Lipinski definition) is 0. The Bertz CT molecular complexity index is 268. The van der Waals surface area contributed by atoms with Gasteiger partial charge in [0, 0.05) is 6.61 Å². The molecule has 0 spiro atoms. The molecule has 0 bridgehead atoms. The first-order valence-electron chi connectivity index (χ1n) is 4.27. The molecule has 0 radical (unpaired) electrons. The summed E-state index contributed by atoms with van der Waals surface area (Å²) < 4.78 is 14.5. The number of hydrogen-bond acceptors (Lipinski definition) is 5. The minimum atomic E-state index is -0.676. The maximum atomic E-state index is 11.4. The average Bonchev–Trinajstić information content (AvgIpc) is 2.17. The number of rotatable bonds is 3. The number of methoxy groups -OCH3 is 1. The lowest BCUT2D eigenvalue weighted by Crippen LogP contribution is -2.28. The van der Waals surface area contributed by atoms with Gasteiger partial charge in [-0.3, -0.25) is 4.79 Å². The van der Waals surface area contributed by atoms with E-state index in [4.69, 9.17) is 9.47 Å². The molecule has 1 aliphatic rings. The fraction of sp³-hybridized carbons (Fsp3) is 0.556. The van der Waals surface area contributed by atoms with E-state index in [9.17, 15) is 9.59 Å². The molecule has 1 aliphatic heterocycles. The van der Waals surface area contributed by atoms with Crippen LogP contribution in [0, 0.1) is 0 Å². The lowest BCUT2D eigenvalue weighted by molar-refractivity contribution is -0.147. The van der Waals surface area contributed by atoms with Crippen molar-refractivity contribution in [3.63, 3.8) is 0 Å². The highest BCUT2D eigenvalue weighted by molar-refractivity contribution is 6.17. The first-order valence-corrected chi connectivity index (χ1v) is 4.27. The Morgan fingerprint density at radius 1 is 1.71 bits per heavy atom. The third kappa shape index (κ3) is 2.32. The van der Waals surface area contributed by atoms with Crippen molar-refractivity contribution in [3.05, 3.63) is 11.8 Å². The van der Waals surface area contributed by atoms with E-state index < -0.39 is 12.3 Å². The first kappa shape index (κ1) is 10.7. The van der Waals surface area contributed by atoms with Crippen LogP contribution in [0.4, 0.5) is 0 Å². The zero-order valence-corrected chi connectivity index (χ0v) is 8.11. The molecule has 0 aromatic heterocycles. The second-order valence-electron chi connectivity index (χ2n) is 2.67. The molecule has 1 unspecified atom stereocenters. The van der Waals surface area contributed by atoms with E-state index in [1.807, 2.05) is 0 Å². The molecule has 0 saturated heterocycles. The topological polar surface area (TPSA) is 61.8 Å². The quantitative estimate of drug-likeness (QED) is 0.487. The molecule has 1 rings (SSSR count). The molecule has 14 heavy (non-hydrogen) atoms. The van der Waals surface area contributed by atoms with Crippen LogP contribution in [-0.2, 0) is 23.8 Å². The Balaban J connectivity index is 2.64. The predicted molar refractivity (Wildman–Crippen MR) is 46.2 cm³/mol. The average molecular weight is 200 g/mol. The van der Waals surface area contributed by atoms with Gasteiger partial charge in [0.2, 0.25) is 6.29 Å². The van der Waals surface area contributed by atoms with Gasteiger partial charge in [-0.2, -0.15) is 0 Å². The van der Waals surface area contributed by atoms with Crippen molar-refractivity contribution in [3.8, 4) is 0 Å². The van der Waals surface area contributed by atoms with Crippen LogP contribution in [0.3, 0.4) is 0 Å². The summed E-state index contributed by atoms with van der Waals surface area (Å²) in [6, 6.07) is 0. The molecule has 5 heteroatoms. The Labute approximate surface area is 81.6 Å². The SMILES string of the molecule is CCOC1CC(=O)C(C(=O)OC)=CO1. The summed E-state index contributed by atoms with van der Waals surface area (Å²) in [6.45, 7) is 2.26. The molecule has 0 aromatic rings. The zero-order chi connectivity index (χ0) is 10.6. The minimum absolute atomic E-state index is 0.0504. The predicted octanol–water partition coefficient (Wildman–Crippen LogP) is 0.395. The summed E-state index contributed by atoms with van der Waals surface area (Å²) in [4.78, 5) is 22.4. The highest BCUT2D eigenvalue weighted by atomic mass is 16.7. The van der Waals surface area contributed by atoms with Gasteiger partial charge in [-0.15, -0.1) is 0 Å². The smallest absolute Gasteiger partial charge is 0.344 e. The second kappa shape index (κ2) is 4.76. The van der Waals surface area contributed by atoms with E-state index >= 15 is 0 Å². The van der Waals surface area contributed by atoms with E-state index in [0.717, 1.165) is 6.26 Å². The summed E-state index contributed by atoms with van der Waals surface area (Å²) >= 11 is 0. The van der Waals surface area contributed by atoms with Crippen LogP contribution in [0.2, 0.25) is 0 Å². The third-order valence-electron chi connectivity index (χ3n) is 1.75. The third-order valence-corrected chi connectivity index (χ3v) is 1.75. The Hall–Kier alpha value is -1.36. The maximum Gasteiger partial charge on any atom is 0.344 e. The van der Waals surface area contributed by atoms with E-state index in [2.05, 4.69) is 4.74 Å². The molecule has 0 fully saturated rings. The minimum Gasteiger partial charge on any atom is -0.471 e. The highest BCUT2D eigenvalue weighted by Gasteiger charge is 2.28. The molecule has 5 nitrogen and oxygen atoms in total. The molecule has 0 aromatic carbocycles. The molecular weight excluding hydrogens is 188 g/mol. The number of ketones is 1. The van der Waals surface area contributed by atoms with Crippen molar-refractivity contribution >= 4 is 11.8 Å². The van der Waals surface area contributed by atoms with Crippen molar-refractivity contribution in [2.75, 3.05) is 13.7 Å². The summed E-state index contributed by atoms with van der Waals surface area (Å²) in [5.41, 5.74) is -0.0662. The van der Waals surface area contributed by atoms with Crippen molar-refractivity contribution in [2.45, 2.75) is 19.6 Å². The Morgan fingerprint density at radius 3 is 2.93 bits per heavy atom. The maximum absolute atomic E-state index is 11.4. The monoisotopic (exact) mass is 200 g/mol. The van der Waals surface area contributed by atoms with Crippen LogP contribution in [-0.4, -0.2) is 31.8 Å². The van der Waals surface area contributed by atoms with Crippen molar-refractivity contribution in [2.24, 2.45) is 0 Å². The van der Waals surface area contributed by atoms with Crippen molar-refractivity contribution in [1.29, 1.82) is 0 Å². The fourth-order valence-electron chi connectivity index (χ4n) is 1.08. The Morgan fingerprint density at radius 2 is 2.43 bits per heavy atom. The van der Waals surface area contributed by atoms with E-state index in [1.54, 1.807) is 6.92 Å². The summed E-state index contributed by atoms with van der Waals surface area (Å²) in [5, 5.41) is 0. The molecule has 0 amide bonds. The number of Topliss-reactive ketones (excluding diaryl/α,β-unsaturated/α-hetero) is 1. The van der Waals surface area contributed by atoms with Gasteiger partial charge in [0.25, 0.3) is 0 Å². The number of carbonyl (C=O) groups excluding carboxylic acids is 2. The number of ether oxygens (including phenoxy) is 3. The van der Waals surface area contributed by atoms with Gasteiger partial charge >= 0.3 is 5.97 Å². The van der Waals surface area contributed by atoms with E-state index in [1.165, 1.54) is 7.11 Å². The zero-order valence-electron chi connectivity index (χ0n) is 8.11. The molecule has 0 N–H and O–H groups in total. The van der Waals surface area contributed by atoms with Crippen LogP contribution < -0.4 is 0 Å². The number of carbonyl (C=O) groups is 2. The molecule has 1 atom stereocenters. The fourth-order valence-corrected chi connectivity index (χ4v) is 1.08. The largest absolute Gasteiger partial charge is 0.471 e. The van der Waals surface area contributed by atoms with Gasteiger partial charge in [-0.25, -0.2) is 4.79 Å². The van der Waals surface area contributed by atoms with E-state index in [-0.39, 0.29) is 17.8 Å². The molecule has 1 heterocycles. The van der Waals surface area contributed by atoms with Gasteiger partial charge in [0.15, 0.2) is 5.78 Å². The normalized spacial score (nSPS) is 21.1. The lowest BCUT2D eigenvalue weighted by atomic mass is 10.1. The second-order valence-corrected chi connectivity index (χ2v) is 2.67. The van der Waals surface area contributed by atoms with Crippen LogP contribution >= 0.6 is 0 Å². The van der Waals surface area contributed by atoms with Gasteiger partial charge in [0.05, 0.1) is 13.5 Å². The Kier molecular flexibility index (Phi) is 3.64. The van der Waals surface area contributed by atoms with Crippen LogP contribution in [0.15, 0.2) is 11.8 Å². The van der Waals surface area contributed by atoms with Gasteiger partial charge < -0.3 is 14.2 Å². The van der Waals surface area contributed by atoms with Crippen molar-refractivity contribution < 1.29 is 23.8 Å². The van der Waals surface area contributed by atoms with Crippen LogP contribution in [0.5, 0.6) is 0 Å². The standard InChI is InChI=1S/C9H12O5/c1-3-13-8-4-7(10)6(5-14-8)9(11)12-2/h5,8H,3-4H2,1-2H3. The van der Waals surface area contributed by atoms with Crippen LogP contribution in [0.25, 0.3) is 0 Å². The summed E-state index contributed by atoms with van der Waals surface area (Å²) in [6.07, 6.45) is 0.563.